The quantitative estimate of drug-likeness (QED) is 0.436. The maximum absolute atomic E-state index is 12.0. The number of nitrogens with zero attached hydrogens (tertiary/aromatic N) is 1. The van der Waals surface area contributed by atoms with Crippen molar-refractivity contribution in [1.29, 1.82) is 0 Å². The number of ether oxygens (including phenoxy) is 2. The molecule has 8 heteroatoms. The lowest BCUT2D eigenvalue weighted by Crippen LogP contribution is -2.24. The number of nitro benzene ring substituents is 1. The van der Waals surface area contributed by atoms with E-state index in [9.17, 15) is 19.7 Å². The number of esters is 1. The molecule has 29 heavy (non-hydrogen) atoms. The molecule has 1 amide bonds. The van der Waals surface area contributed by atoms with E-state index in [1.165, 1.54) is 23.3 Å². The summed E-state index contributed by atoms with van der Waals surface area (Å²) in [5, 5.41) is 13.6. The van der Waals surface area contributed by atoms with E-state index in [1.807, 2.05) is 18.2 Å². The van der Waals surface area contributed by atoms with Gasteiger partial charge in [-0.05, 0) is 73.6 Å². The number of carbonyl (C=O) groups excluding carboxylic acids is 2. The molecule has 1 N–H and O–H groups in total. The summed E-state index contributed by atoms with van der Waals surface area (Å²) in [6.07, 6.45) is 3.18. The molecule has 0 atom stereocenters. The van der Waals surface area contributed by atoms with Gasteiger partial charge in [0.05, 0.1) is 4.92 Å². The van der Waals surface area contributed by atoms with Gasteiger partial charge in [0, 0.05) is 6.07 Å². The van der Waals surface area contributed by atoms with Crippen molar-refractivity contribution in [2.75, 3.05) is 18.5 Å². The molecule has 0 spiro atoms. The molecular weight excluding hydrogens is 376 g/mol. The van der Waals surface area contributed by atoms with Crippen LogP contribution in [-0.2, 0) is 27.2 Å². The maximum Gasteiger partial charge on any atom is 0.344 e. The van der Waals surface area contributed by atoms with Crippen LogP contribution in [-0.4, -0.2) is 30.0 Å². The van der Waals surface area contributed by atoms with Crippen LogP contribution in [0.3, 0.4) is 0 Å². The third-order valence-electron chi connectivity index (χ3n) is 4.87. The smallest absolute Gasteiger partial charge is 0.344 e. The number of nitrogens with one attached hydrogen (secondary N) is 1. The molecule has 0 aliphatic heterocycles. The Bertz CT molecular complexity index is 970. The SMILES string of the molecule is Cc1cc(NC(=O)COC(=O)COc2ccc3c(c2)CCC3)c([N+](=O)[O-])cc1C. The van der Waals surface area contributed by atoms with Crippen LogP contribution < -0.4 is 10.1 Å². The molecule has 0 heterocycles. The van der Waals surface area contributed by atoms with Crippen LogP contribution in [0.4, 0.5) is 11.4 Å². The van der Waals surface area contributed by atoms with Crippen LogP contribution in [0.5, 0.6) is 5.75 Å². The minimum absolute atomic E-state index is 0.0635. The van der Waals surface area contributed by atoms with Gasteiger partial charge in [0.15, 0.2) is 13.2 Å². The number of carbonyl (C=O) groups is 2. The van der Waals surface area contributed by atoms with Crippen LogP contribution in [0.25, 0.3) is 0 Å². The van der Waals surface area contributed by atoms with E-state index in [4.69, 9.17) is 9.47 Å². The fraction of sp³-hybridized carbons (Fsp3) is 0.333. The van der Waals surface area contributed by atoms with Crippen molar-refractivity contribution in [1.82, 2.24) is 0 Å². The summed E-state index contributed by atoms with van der Waals surface area (Å²) >= 11 is 0. The fourth-order valence-electron chi connectivity index (χ4n) is 3.21. The summed E-state index contributed by atoms with van der Waals surface area (Å²) in [6, 6.07) is 8.63. The Morgan fingerprint density at radius 2 is 1.79 bits per heavy atom. The van der Waals surface area contributed by atoms with Crippen molar-refractivity contribution in [2.24, 2.45) is 0 Å². The second kappa shape index (κ2) is 8.72. The summed E-state index contributed by atoms with van der Waals surface area (Å²) in [7, 11) is 0. The summed E-state index contributed by atoms with van der Waals surface area (Å²) in [6.45, 7) is 2.65. The summed E-state index contributed by atoms with van der Waals surface area (Å²) in [5.74, 6) is -0.782. The van der Waals surface area contributed by atoms with Gasteiger partial charge in [-0.15, -0.1) is 0 Å². The van der Waals surface area contributed by atoms with E-state index in [1.54, 1.807) is 13.8 Å². The largest absolute Gasteiger partial charge is 0.482 e. The average Bonchev–Trinajstić information content (AvgIpc) is 3.15. The Hall–Kier alpha value is -3.42. The van der Waals surface area contributed by atoms with Gasteiger partial charge in [-0.2, -0.15) is 0 Å². The van der Waals surface area contributed by atoms with Crippen molar-refractivity contribution in [2.45, 2.75) is 33.1 Å². The lowest BCUT2D eigenvalue weighted by atomic mass is 10.1. The second-order valence-electron chi connectivity index (χ2n) is 6.99. The van der Waals surface area contributed by atoms with E-state index in [-0.39, 0.29) is 18.0 Å². The zero-order chi connectivity index (χ0) is 21.0. The molecule has 0 aromatic heterocycles. The van der Waals surface area contributed by atoms with Crippen molar-refractivity contribution >= 4 is 23.3 Å². The molecule has 0 bridgehead atoms. The molecule has 2 aromatic carbocycles. The van der Waals surface area contributed by atoms with Crippen LogP contribution in [0.1, 0.15) is 28.7 Å². The Morgan fingerprint density at radius 3 is 2.55 bits per heavy atom. The highest BCUT2D eigenvalue weighted by molar-refractivity contribution is 5.95. The zero-order valence-corrected chi connectivity index (χ0v) is 16.3. The molecule has 0 unspecified atom stereocenters. The van der Waals surface area contributed by atoms with Crippen LogP contribution >= 0.6 is 0 Å². The number of aryl methyl sites for hydroxylation is 4. The number of amides is 1. The van der Waals surface area contributed by atoms with E-state index in [2.05, 4.69) is 5.32 Å². The van der Waals surface area contributed by atoms with E-state index in [0.717, 1.165) is 30.4 Å². The Labute approximate surface area is 168 Å². The van der Waals surface area contributed by atoms with Crippen molar-refractivity contribution in [3.05, 3.63) is 62.7 Å². The summed E-state index contributed by atoms with van der Waals surface area (Å²) < 4.78 is 10.3. The number of nitro groups is 1. The topological polar surface area (TPSA) is 108 Å². The highest BCUT2D eigenvalue weighted by atomic mass is 16.6. The number of hydrogen-bond acceptors (Lipinski definition) is 6. The number of hydrogen-bond donors (Lipinski definition) is 1. The fourth-order valence-corrected chi connectivity index (χ4v) is 3.21. The number of fused-ring (bicyclic) bond motifs is 1. The Morgan fingerprint density at radius 1 is 1.07 bits per heavy atom. The second-order valence-corrected chi connectivity index (χ2v) is 6.99. The zero-order valence-electron chi connectivity index (χ0n) is 16.3. The van der Waals surface area contributed by atoms with E-state index < -0.39 is 23.4 Å². The van der Waals surface area contributed by atoms with Gasteiger partial charge in [-0.1, -0.05) is 6.07 Å². The standard InChI is InChI=1S/C21H22N2O6/c1-13-8-18(19(23(26)27)9-14(13)2)22-20(24)11-29-21(25)12-28-17-7-6-15-4-3-5-16(15)10-17/h6-10H,3-5,11-12H2,1-2H3,(H,22,24). The van der Waals surface area contributed by atoms with E-state index >= 15 is 0 Å². The van der Waals surface area contributed by atoms with Gasteiger partial charge in [-0.3, -0.25) is 14.9 Å². The molecule has 0 radical (unpaired) electrons. The minimum atomic E-state index is -0.699. The molecule has 1 aliphatic rings. The number of rotatable bonds is 7. The molecule has 1 aliphatic carbocycles. The normalized spacial score (nSPS) is 12.2. The predicted molar refractivity (Wildman–Crippen MR) is 106 cm³/mol. The van der Waals surface area contributed by atoms with Gasteiger partial charge in [0.1, 0.15) is 11.4 Å². The van der Waals surface area contributed by atoms with Crippen molar-refractivity contribution in [3.63, 3.8) is 0 Å². The van der Waals surface area contributed by atoms with Crippen molar-refractivity contribution in [3.8, 4) is 5.75 Å². The molecular formula is C21H22N2O6. The predicted octanol–water partition coefficient (Wildman–Crippen LogP) is 3.26. The van der Waals surface area contributed by atoms with Gasteiger partial charge in [0.25, 0.3) is 11.6 Å². The molecule has 0 fully saturated rings. The van der Waals surface area contributed by atoms with Crippen LogP contribution in [0.2, 0.25) is 0 Å². The van der Waals surface area contributed by atoms with Gasteiger partial charge in [-0.25, -0.2) is 4.79 Å². The summed E-state index contributed by atoms with van der Waals surface area (Å²) in [4.78, 5) is 34.5. The molecule has 8 nitrogen and oxygen atoms in total. The minimum Gasteiger partial charge on any atom is -0.482 e. The van der Waals surface area contributed by atoms with Gasteiger partial charge in [0.2, 0.25) is 0 Å². The van der Waals surface area contributed by atoms with Crippen LogP contribution in [0.15, 0.2) is 30.3 Å². The first kappa shape index (κ1) is 20.3. The maximum atomic E-state index is 12.0. The molecule has 152 valence electrons. The van der Waals surface area contributed by atoms with E-state index in [0.29, 0.717) is 5.75 Å². The highest BCUT2D eigenvalue weighted by Crippen LogP contribution is 2.28. The number of anilines is 1. The lowest BCUT2D eigenvalue weighted by molar-refractivity contribution is -0.384. The molecule has 3 rings (SSSR count). The van der Waals surface area contributed by atoms with Gasteiger partial charge < -0.3 is 14.8 Å². The lowest BCUT2D eigenvalue weighted by Gasteiger charge is -2.10. The molecule has 2 aromatic rings. The molecule has 0 saturated heterocycles. The summed E-state index contributed by atoms with van der Waals surface area (Å²) in [5.41, 5.74) is 3.92. The van der Waals surface area contributed by atoms with Gasteiger partial charge >= 0.3 is 5.97 Å². The third kappa shape index (κ3) is 5.10. The van der Waals surface area contributed by atoms with Crippen molar-refractivity contribution < 1.29 is 24.0 Å². The highest BCUT2D eigenvalue weighted by Gasteiger charge is 2.18. The Balaban J connectivity index is 1.50. The average molecular weight is 398 g/mol. The number of benzene rings is 2. The van der Waals surface area contributed by atoms with Crippen LogP contribution in [0, 0.1) is 24.0 Å². The first-order valence-corrected chi connectivity index (χ1v) is 9.29. The molecule has 0 saturated carbocycles. The third-order valence-corrected chi connectivity index (χ3v) is 4.87. The first-order valence-electron chi connectivity index (χ1n) is 9.29. The monoisotopic (exact) mass is 398 g/mol. The Kier molecular flexibility index (Phi) is 6.11. The first-order chi connectivity index (χ1) is 13.8.